The quantitative estimate of drug-likeness (QED) is 0.633. The van der Waals surface area contributed by atoms with Gasteiger partial charge in [-0.3, -0.25) is 0 Å². The smallest absolute Gasteiger partial charge is 0.357 e. The van der Waals surface area contributed by atoms with Gasteiger partial charge in [0.05, 0.1) is 17.8 Å². The number of nitrogens with zero attached hydrogens (tertiary/aromatic N) is 1. The molecule has 3 nitrogen and oxygen atoms in total. The van der Waals surface area contributed by atoms with E-state index in [-0.39, 0.29) is 5.71 Å². The number of methoxy groups -OCH3 is 1. The molecule has 0 unspecified atom stereocenters. The molecule has 0 saturated carbocycles. The molecule has 0 fully saturated rings. The van der Waals surface area contributed by atoms with Gasteiger partial charge in [0.15, 0.2) is 5.71 Å². The summed E-state index contributed by atoms with van der Waals surface area (Å²) in [7, 11) is 1.33. The fraction of sp³-hybridized carbons (Fsp3) is 0.0667. The van der Waals surface area contributed by atoms with E-state index in [1.165, 1.54) is 7.11 Å². The number of aliphatic imine (C=N–C) groups is 1. The molecule has 0 atom stereocenters. The third kappa shape index (κ3) is 3.20. The Morgan fingerprint density at radius 2 is 1.68 bits per heavy atom. The lowest BCUT2D eigenvalue weighted by atomic mass is 10.1. The minimum Gasteiger partial charge on any atom is -0.464 e. The highest BCUT2D eigenvalue weighted by Gasteiger charge is 2.14. The van der Waals surface area contributed by atoms with Crippen LogP contribution in [0.3, 0.4) is 0 Å². The monoisotopic (exact) mass is 273 g/mol. The summed E-state index contributed by atoms with van der Waals surface area (Å²) in [6.45, 7) is 0. The molecule has 4 heteroatoms. The van der Waals surface area contributed by atoms with Crippen molar-refractivity contribution in [2.45, 2.75) is 0 Å². The van der Waals surface area contributed by atoms with Gasteiger partial charge >= 0.3 is 5.97 Å². The lowest BCUT2D eigenvalue weighted by Gasteiger charge is -2.05. The molecule has 0 aliphatic heterocycles. The van der Waals surface area contributed by atoms with Crippen LogP contribution in [-0.4, -0.2) is 18.8 Å². The number of hydrogen-bond acceptors (Lipinski definition) is 3. The van der Waals surface area contributed by atoms with Crippen molar-refractivity contribution in [3.8, 4) is 0 Å². The van der Waals surface area contributed by atoms with Crippen LogP contribution in [0.2, 0.25) is 5.02 Å². The highest BCUT2D eigenvalue weighted by Crippen LogP contribution is 2.24. The van der Waals surface area contributed by atoms with E-state index < -0.39 is 5.97 Å². The van der Waals surface area contributed by atoms with Crippen molar-refractivity contribution in [1.82, 2.24) is 0 Å². The molecule has 96 valence electrons. The topological polar surface area (TPSA) is 38.7 Å². The van der Waals surface area contributed by atoms with Gasteiger partial charge in [-0.2, -0.15) is 0 Å². The van der Waals surface area contributed by atoms with Crippen molar-refractivity contribution in [2.75, 3.05) is 7.11 Å². The third-order valence-electron chi connectivity index (χ3n) is 2.51. The number of carbonyl (C=O) groups excluding carboxylic acids is 1. The Morgan fingerprint density at radius 3 is 2.32 bits per heavy atom. The molecular formula is C15H12ClNO2. The molecule has 2 aromatic rings. The molecule has 0 N–H and O–H groups in total. The molecule has 0 radical (unpaired) electrons. The molecule has 0 heterocycles. The average molecular weight is 274 g/mol. The molecule has 2 aromatic carbocycles. The molecule has 0 saturated heterocycles. The van der Waals surface area contributed by atoms with E-state index in [9.17, 15) is 4.79 Å². The van der Waals surface area contributed by atoms with Gasteiger partial charge in [-0.15, -0.1) is 0 Å². The molecule has 0 aromatic heterocycles. The Balaban J connectivity index is 2.51. The van der Waals surface area contributed by atoms with Gasteiger partial charge in [0.25, 0.3) is 0 Å². The zero-order valence-electron chi connectivity index (χ0n) is 10.3. The lowest BCUT2D eigenvalue weighted by Crippen LogP contribution is -2.16. The zero-order chi connectivity index (χ0) is 13.7. The Kier molecular flexibility index (Phi) is 4.31. The molecule has 0 bridgehead atoms. The van der Waals surface area contributed by atoms with E-state index in [1.54, 1.807) is 24.3 Å². The van der Waals surface area contributed by atoms with Crippen LogP contribution in [-0.2, 0) is 9.53 Å². The molecular weight excluding hydrogens is 262 g/mol. The van der Waals surface area contributed by atoms with E-state index >= 15 is 0 Å². The van der Waals surface area contributed by atoms with Crippen LogP contribution < -0.4 is 0 Å². The summed E-state index contributed by atoms with van der Waals surface area (Å²) in [5.74, 6) is -0.494. The Bertz CT molecular complexity index is 609. The van der Waals surface area contributed by atoms with Crippen LogP contribution in [0.15, 0.2) is 59.6 Å². The Morgan fingerprint density at radius 1 is 1.05 bits per heavy atom. The number of esters is 1. The fourth-order valence-electron chi connectivity index (χ4n) is 1.58. The molecule has 0 spiro atoms. The molecule has 19 heavy (non-hydrogen) atoms. The molecule has 0 aliphatic rings. The van der Waals surface area contributed by atoms with Crippen molar-refractivity contribution in [1.29, 1.82) is 0 Å². The number of carbonyl (C=O) groups is 1. The summed E-state index contributed by atoms with van der Waals surface area (Å²) in [5, 5.41) is 0.486. The van der Waals surface area contributed by atoms with Gasteiger partial charge < -0.3 is 4.74 Å². The van der Waals surface area contributed by atoms with Crippen LogP contribution >= 0.6 is 11.6 Å². The highest BCUT2D eigenvalue weighted by atomic mass is 35.5. The fourth-order valence-corrected chi connectivity index (χ4v) is 1.76. The predicted octanol–water partition coefficient (Wildman–Crippen LogP) is 3.63. The third-order valence-corrected chi connectivity index (χ3v) is 2.83. The van der Waals surface area contributed by atoms with Gasteiger partial charge in [0.2, 0.25) is 0 Å². The van der Waals surface area contributed by atoms with Crippen LogP contribution in [0.5, 0.6) is 0 Å². The summed E-state index contributed by atoms with van der Waals surface area (Å²) >= 11 is 6.04. The summed E-state index contributed by atoms with van der Waals surface area (Å²) < 4.78 is 4.77. The van der Waals surface area contributed by atoms with Gasteiger partial charge in [0.1, 0.15) is 0 Å². The average Bonchev–Trinajstić information content (AvgIpc) is 2.46. The number of rotatable bonds is 3. The van der Waals surface area contributed by atoms with Gasteiger partial charge in [-0.1, -0.05) is 54.1 Å². The predicted molar refractivity (Wildman–Crippen MR) is 76.1 cm³/mol. The van der Waals surface area contributed by atoms with Crippen molar-refractivity contribution in [3.05, 3.63) is 65.2 Å². The van der Waals surface area contributed by atoms with E-state index in [0.29, 0.717) is 16.3 Å². The van der Waals surface area contributed by atoms with Gasteiger partial charge in [-0.05, 0) is 12.1 Å². The van der Waals surface area contributed by atoms with Crippen molar-refractivity contribution in [3.63, 3.8) is 0 Å². The normalized spacial score (nSPS) is 11.2. The van der Waals surface area contributed by atoms with Crippen LogP contribution in [0.4, 0.5) is 5.69 Å². The zero-order valence-corrected chi connectivity index (χ0v) is 11.1. The molecule has 0 aliphatic carbocycles. The number of halogens is 1. The first kappa shape index (κ1) is 13.3. The van der Waals surface area contributed by atoms with E-state index in [0.717, 1.165) is 0 Å². The van der Waals surface area contributed by atoms with E-state index in [2.05, 4.69) is 4.99 Å². The Labute approximate surface area is 116 Å². The summed E-state index contributed by atoms with van der Waals surface area (Å²) in [4.78, 5) is 16.1. The van der Waals surface area contributed by atoms with E-state index in [1.807, 2.05) is 30.3 Å². The first-order valence-corrected chi connectivity index (χ1v) is 6.07. The first-order valence-electron chi connectivity index (χ1n) is 5.69. The second-order valence-electron chi connectivity index (χ2n) is 3.77. The van der Waals surface area contributed by atoms with Crippen LogP contribution in [0.25, 0.3) is 0 Å². The second kappa shape index (κ2) is 6.16. The Hall–Kier alpha value is -2.13. The summed E-state index contributed by atoms with van der Waals surface area (Å²) in [6.07, 6.45) is 0. The number of benzene rings is 2. The SMILES string of the molecule is COC(=O)C(=Nc1ccccc1Cl)c1ccccc1. The standard InChI is InChI=1S/C15H12ClNO2/c1-19-15(18)14(11-7-3-2-4-8-11)17-13-10-6-5-9-12(13)16/h2-10H,1H3. The first-order chi connectivity index (χ1) is 9.22. The maximum atomic E-state index is 11.8. The molecule has 0 amide bonds. The van der Waals surface area contributed by atoms with Crippen LogP contribution in [0.1, 0.15) is 5.56 Å². The van der Waals surface area contributed by atoms with Gasteiger partial charge in [-0.25, -0.2) is 9.79 Å². The summed E-state index contributed by atoms with van der Waals surface area (Å²) in [5.41, 5.74) is 1.46. The minimum atomic E-state index is -0.494. The van der Waals surface area contributed by atoms with Crippen molar-refractivity contribution < 1.29 is 9.53 Å². The number of ether oxygens (including phenoxy) is 1. The summed E-state index contributed by atoms with van der Waals surface area (Å²) in [6, 6.07) is 16.2. The lowest BCUT2D eigenvalue weighted by molar-refractivity contribution is -0.132. The van der Waals surface area contributed by atoms with Crippen LogP contribution in [0, 0.1) is 0 Å². The minimum absolute atomic E-state index is 0.233. The highest BCUT2D eigenvalue weighted by molar-refractivity contribution is 6.44. The van der Waals surface area contributed by atoms with Crippen molar-refractivity contribution >= 4 is 29.0 Å². The second-order valence-corrected chi connectivity index (χ2v) is 4.18. The largest absolute Gasteiger partial charge is 0.464 e. The van der Waals surface area contributed by atoms with Crippen molar-refractivity contribution in [2.24, 2.45) is 4.99 Å². The number of para-hydroxylation sites is 1. The van der Waals surface area contributed by atoms with E-state index in [4.69, 9.17) is 16.3 Å². The maximum Gasteiger partial charge on any atom is 0.357 e. The maximum absolute atomic E-state index is 11.8. The molecule has 2 rings (SSSR count). The van der Waals surface area contributed by atoms with Gasteiger partial charge in [0, 0.05) is 5.56 Å². The number of hydrogen-bond donors (Lipinski definition) is 0.